The van der Waals surface area contributed by atoms with Gasteiger partial charge in [0.05, 0.1) is 0 Å². The number of hydrogen-bond acceptors (Lipinski definition) is 0. The second kappa shape index (κ2) is 16.0. The number of hydrogen-bond donors (Lipinski definition) is 0. The van der Waals surface area contributed by atoms with Gasteiger partial charge in [-0.3, -0.25) is 0 Å². The maximum atomic E-state index is 2.26. The van der Waals surface area contributed by atoms with Crippen LogP contribution >= 0.6 is 0 Å². The molecule has 0 N–H and O–H groups in total. The molecular formula is C10H28. The minimum Gasteiger partial charge on any atom is -0.0776 e. The summed E-state index contributed by atoms with van der Waals surface area (Å²) in [5, 5.41) is 0. The van der Waals surface area contributed by atoms with E-state index in [9.17, 15) is 0 Å². The first-order chi connectivity index (χ1) is 3.35. The second-order valence-corrected chi connectivity index (χ2v) is 2.09. The molecule has 0 nitrogen and oxygen atoms in total. The summed E-state index contributed by atoms with van der Waals surface area (Å²) in [5.74, 6) is 0.986. The van der Waals surface area contributed by atoms with Crippen molar-refractivity contribution in [1.29, 1.82) is 0 Å². The van der Waals surface area contributed by atoms with E-state index >= 15 is 0 Å². The summed E-state index contributed by atoms with van der Waals surface area (Å²) >= 11 is 0. The molecule has 0 aliphatic carbocycles. The van der Waals surface area contributed by atoms with Crippen molar-refractivity contribution in [3.05, 3.63) is 0 Å². The molecule has 68 valence electrons. The summed E-state index contributed by atoms with van der Waals surface area (Å²) in [6.45, 7) is 6.78. The van der Waals surface area contributed by atoms with Crippen LogP contribution < -0.4 is 0 Å². The summed E-state index contributed by atoms with van der Waals surface area (Å²) in [6.07, 6.45) is 4.06. The average Bonchev–Trinajstić information content (AvgIpc) is 1.72. The molecule has 0 spiro atoms. The Morgan fingerprint density at radius 2 is 0.900 bits per heavy atom. The van der Waals surface area contributed by atoms with Gasteiger partial charge in [-0.2, -0.15) is 0 Å². The molecule has 0 aromatic rings. The zero-order valence-corrected chi connectivity index (χ0v) is 5.70. The van der Waals surface area contributed by atoms with E-state index in [1.165, 1.54) is 19.3 Å². The minimum absolute atomic E-state index is 0. The van der Waals surface area contributed by atoms with Crippen LogP contribution in [0.2, 0.25) is 0 Å². The maximum absolute atomic E-state index is 2.26. The van der Waals surface area contributed by atoms with Gasteiger partial charge in [0.1, 0.15) is 0 Å². The molecule has 0 aromatic heterocycles. The summed E-state index contributed by atoms with van der Waals surface area (Å²) in [6, 6.07) is 0. The monoisotopic (exact) mass is 148 g/mol. The zero-order chi connectivity index (χ0) is 5.70. The largest absolute Gasteiger partial charge is 0.0776 e. The molecule has 0 unspecified atom stereocenters. The highest BCUT2D eigenvalue weighted by atomic mass is 14.0. The fraction of sp³-hybridized carbons (Fsp3) is 1.00. The summed E-state index contributed by atoms with van der Waals surface area (Å²) < 4.78 is 0. The van der Waals surface area contributed by atoms with Gasteiger partial charge >= 0.3 is 0 Å². The van der Waals surface area contributed by atoms with Crippen LogP contribution in [0.3, 0.4) is 0 Å². The van der Waals surface area contributed by atoms with Crippen molar-refractivity contribution in [3.63, 3.8) is 0 Å². The maximum Gasteiger partial charge on any atom is -0.0422 e. The zero-order valence-electron chi connectivity index (χ0n) is 5.70. The molecule has 0 atom stereocenters. The van der Waals surface area contributed by atoms with E-state index in [0.29, 0.717) is 0 Å². The molecule has 0 saturated carbocycles. The standard InChI is InChI=1S/C7H16.3CH4/c1-4-7(5-2)6-3;;;/h7H,4-6H2,1-3H3;3*1H4. The third-order valence-electron chi connectivity index (χ3n) is 1.73. The van der Waals surface area contributed by atoms with E-state index in [4.69, 9.17) is 0 Å². The summed E-state index contributed by atoms with van der Waals surface area (Å²) in [7, 11) is 0. The Hall–Kier alpha value is 0. The predicted octanol–water partition coefficient (Wildman–Crippen LogP) is 4.74. The normalized spacial score (nSPS) is 7.20. The van der Waals surface area contributed by atoms with Gasteiger partial charge in [0, 0.05) is 0 Å². The first-order valence-corrected chi connectivity index (χ1v) is 3.35. The van der Waals surface area contributed by atoms with E-state index < -0.39 is 0 Å². The van der Waals surface area contributed by atoms with E-state index in [-0.39, 0.29) is 22.3 Å². The van der Waals surface area contributed by atoms with Gasteiger partial charge in [-0.1, -0.05) is 62.3 Å². The molecule has 0 bridgehead atoms. The van der Waals surface area contributed by atoms with Crippen LogP contribution in [0.1, 0.15) is 62.3 Å². The molecule has 0 heterocycles. The van der Waals surface area contributed by atoms with Crippen LogP contribution in [0, 0.1) is 5.92 Å². The van der Waals surface area contributed by atoms with Gasteiger partial charge in [-0.15, -0.1) is 0 Å². The van der Waals surface area contributed by atoms with E-state index in [0.717, 1.165) is 5.92 Å². The van der Waals surface area contributed by atoms with Crippen LogP contribution in [0.25, 0.3) is 0 Å². The summed E-state index contributed by atoms with van der Waals surface area (Å²) in [5.41, 5.74) is 0. The number of rotatable bonds is 3. The smallest absolute Gasteiger partial charge is 0.0422 e. The fourth-order valence-electron chi connectivity index (χ4n) is 0.866. The van der Waals surface area contributed by atoms with Crippen molar-refractivity contribution < 1.29 is 0 Å². The van der Waals surface area contributed by atoms with Crippen molar-refractivity contribution in [2.75, 3.05) is 0 Å². The van der Waals surface area contributed by atoms with Crippen molar-refractivity contribution in [1.82, 2.24) is 0 Å². The summed E-state index contributed by atoms with van der Waals surface area (Å²) in [4.78, 5) is 0. The molecule has 0 aromatic carbocycles. The molecule has 0 heteroatoms. The third-order valence-corrected chi connectivity index (χ3v) is 1.73. The van der Waals surface area contributed by atoms with Crippen LogP contribution in [-0.4, -0.2) is 0 Å². The van der Waals surface area contributed by atoms with Gasteiger partial charge in [-0.25, -0.2) is 0 Å². The Morgan fingerprint density at radius 1 is 0.700 bits per heavy atom. The molecule has 0 aliphatic rings. The Morgan fingerprint density at radius 3 is 0.900 bits per heavy atom. The van der Waals surface area contributed by atoms with Crippen molar-refractivity contribution in [3.8, 4) is 0 Å². The molecule has 0 aliphatic heterocycles. The molecule has 0 amide bonds. The predicted molar refractivity (Wildman–Crippen MR) is 54.6 cm³/mol. The van der Waals surface area contributed by atoms with Gasteiger partial charge in [-0.05, 0) is 5.92 Å². The van der Waals surface area contributed by atoms with Crippen LogP contribution in [0.5, 0.6) is 0 Å². The second-order valence-electron chi connectivity index (χ2n) is 2.09. The van der Waals surface area contributed by atoms with E-state index in [2.05, 4.69) is 20.8 Å². The highest BCUT2D eigenvalue weighted by molar-refractivity contribution is 4.48. The molecular weight excluding hydrogens is 120 g/mol. The molecule has 0 saturated heterocycles. The van der Waals surface area contributed by atoms with Gasteiger partial charge < -0.3 is 0 Å². The van der Waals surface area contributed by atoms with Crippen LogP contribution in [-0.2, 0) is 0 Å². The Balaban J connectivity index is -0.0000000600. The molecule has 0 rings (SSSR count). The Bertz CT molecular complexity index is 21.5. The highest BCUT2D eigenvalue weighted by Crippen LogP contribution is 2.09. The van der Waals surface area contributed by atoms with Crippen molar-refractivity contribution in [2.24, 2.45) is 5.92 Å². The van der Waals surface area contributed by atoms with Crippen LogP contribution in [0.15, 0.2) is 0 Å². The average molecular weight is 148 g/mol. The molecule has 0 radical (unpaired) electrons. The lowest BCUT2D eigenvalue weighted by Gasteiger charge is -2.05. The van der Waals surface area contributed by atoms with Gasteiger partial charge in [0.2, 0.25) is 0 Å². The first kappa shape index (κ1) is 22.5. The highest BCUT2D eigenvalue weighted by Gasteiger charge is 1.95. The Kier molecular flexibility index (Phi) is 36.0. The lowest BCUT2D eigenvalue weighted by Crippen LogP contribution is -1.91. The van der Waals surface area contributed by atoms with Gasteiger partial charge in [0.25, 0.3) is 0 Å². The first-order valence-electron chi connectivity index (χ1n) is 3.35. The molecule has 10 heavy (non-hydrogen) atoms. The Labute approximate surface area is 69.0 Å². The lowest BCUT2D eigenvalue weighted by atomic mass is 10.0. The van der Waals surface area contributed by atoms with Crippen LogP contribution in [0.4, 0.5) is 0 Å². The minimum atomic E-state index is 0. The third kappa shape index (κ3) is 10.9. The topological polar surface area (TPSA) is 0 Å². The molecule has 0 fully saturated rings. The van der Waals surface area contributed by atoms with Crippen molar-refractivity contribution in [2.45, 2.75) is 62.3 Å². The quantitative estimate of drug-likeness (QED) is 0.542. The van der Waals surface area contributed by atoms with Crippen molar-refractivity contribution >= 4 is 0 Å². The fourth-order valence-corrected chi connectivity index (χ4v) is 0.866. The van der Waals surface area contributed by atoms with E-state index in [1.54, 1.807) is 0 Å². The van der Waals surface area contributed by atoms with E-state index in [1.807, 2.05) is 0 Å². The SMILES string of the molecule is C.C.C.CCC(CC)CC. The van der Waals surface area contributed by atoms with Gasteiger partial charge in [0.15, 0.2) is 0 Å². The lowest BCUT2D eigenvalue weighted by molar-refractivity contribution is 0.477.